The van der Waals surface area contributed by atoms with Crippen molar-refractivity contribution in [1.82, 2.24) is 16.0 Å². The minimum Gasteiger partial charge on any atom is -0.352 e. The predicted molar refractivity (Wildman–Crippen MR) is 103 cm³/mol. The van der Waals surface area contributed by atoms with Crippen molar-refractivity contribution >= 4 is 17.6 Å². The Balaban J connectivity index is 2.20. The smallest absolute Gasteiger partial charge is 0.220 e. The molecule has 0 bridgehead atoms. The molecule has 0 fully saturated rings. The summed E-state index contributed by atoms with van der Waals surface area (Å²) in [7, 11) is 1.89. The Morgan fingerprint density at radius 1 is 0.962 bits per heavy atom. The van der Waals surface area contributed by atoms with Crippen LogP contribution in [0.15, 0.2) is 30.3 Å². The largest absolute Gasteiger partial charge is 0.352 e. The number of nitrogens with one attached hydrogen (secondary N) is 3. The highest BCUT2D eigenvalue weighted by molar-refractivity contribution is 5.87. The van der Waals surface area contributed by atoms with E-state index in [0.29, 0.717) is 25.8 Å². The van der Waals surface area contributed by atoms with Gasteiger partial charge in [-0.05, 0) is 51.8 Å². The van der Waals surface area contributed by atoms with Gasteiger partial charge in [-0.3, -0.25) is 14.4 Å². The Kier molecular flexibility index (Phi) is 11.0. The van der Waals surface area contributed by atoms with Crippen LogP contribution in [0, 0.1) is 0 Å². The van der Waals surface area contributed by atoms with E-state index < -0.39 is 6.04 Å². The van der Waals surface area contributed by atoms with Gasteiger partial charge in [-0.1, -0.05) is 30.3 Å². The summed E-state index contributed by atoms with van der Waals surface area (Å²) in [4.78, 5) is 35.5. The van der Waals surface area contributed by atoms with Crippen LogP contribution in [0.4, 0.5) is 0 Å². The molecule has 6 heteroatoms. The van der Waals surface area contributed by atoms with Crippen LogP contribution < -0.4 is 16.0 Å². The van der Waals surface area contributed by atoms with Gasteiger partial charge in [-0.15, -0.1) is 0 Å². The summed E-state index contributed by atoms with van der Waals surface area (Å²) in [6, 6.07) is 9.26. The maximum Gasteiger partial charge on any atom is 0.220 e. The second-order valence-electron chi connectivity index (χ2n) is 6.45. The first-order chi connectivity index (χ1) is 12.5. The molecule has 26 heavy (non-hydrogen) atoms. The molecule has 1 aromatic carbocycles. The van der Waals surface area contributed by atoms with Crippen LogP contribution >= 0.6 is 0 Å². The molecule has 3 N–H and O–H groups in total. The first kappa shape index (κ1) is 21.8. The number of rotatable bonds is 13. The molecule has 2 amide bonds. The fourth-order valence-electron chi connectivity index (χ4n) is 2.59. The lowest BCUT2D eigenvalue weighted by atomic mass is 10.1. The average Bonchev–Trinajstić information content (AvgIpc) is 2.63. The summed E-state index contributed by atoms with van der Waals surface area (Å²) in [6.07, 6.45) is 3.52. The maximum absolute atomic E-state index is 12.0. The molecule has 0 saturated heterocycles. The molecule has 0 saturated carbocycles. The Hall–Kier alpha value is -2.21. The topological polar surface area (TPSA) is 87.3 Å². The average molecular weight is 361 g/mol. The molecule has 6 nitrogen and oxygen atoms in total. The van der Waals surface area contributed by atoms with Crippen LogP contribution in [-0.2, 0) is 20.9 Å². The van der Waals surface area contributed by atoms with Crippen molar-refractivity contribution in [2.75, 3.05) is 13.6 Å². The van der Waals surface area contributed by atoms with Gasteiger partial charge in [-0.25, -0.2) is 0 Å². The zero-order valence-electron chi connectivity index (χ0n) is 15.8. The molecular weight excluding hydrogens is 330 g/mol. The van der Waals surface area contributed by atoms with Gasteiger partial charge in [0, 0.05) is 19.4 Å². The van der Waals surface area contributed by atoms with Crippen molar-refractivity contribution in [3.05, 3.63) is 35.9 Å². The zero-order chi connectivity index (χ0) is 19.2. The van der Waals surface area contributed by atoms with Crippen LogP contribution in [-0.4, -0.2) is 37.2 Å². The minimum absolute atomic E-state index is 0.0246. The monoisotopic (exact) mass is 361 g/mol. The van der Waals surface area contributed by atoms with Gasteiger partial charge in [0.15, 0.2) is 5.78 Å². The number of unbranched alkanes of at least 4 members (excludes halogenated alkanes) is 1. The third-order valence-electron chi connectivity index (χ3n) is 4.14. The Morgan fingerprint density at radius 2 is 1.65 bits per heavy atom. The molecule has 144 valence electrons. The number of hydrogen-bond donors (Lipinski definition) is 3. The second-order valence-corrected chi connectivity index (χ2v) is 6.45. The first-order valence-corrected chi connectivity index (χ1v) is 9.28. The summed E-state index contributed by atoms with van der Waals surface area (Å²) in [5, 5.41) is 8.69. The normalized spacial score (nSPS) is 11.6. The van der Waals surface area contributed by atoms with Crippen LogP contribution in [0.1, 0.15) is 51.0 Å². The van der Waals surface area contributed by atoms with Gasteiger partial charge in [0.05, 0.1) is 6.04 Å². The molecule has 1 aromatic rings. The number of Topliss-reactive ketones (excluding diaryl/α,β-unsaturated/α-hetero) is 1. The molecule has 0 aliphatic heterocycles. The number of ketones is 1. The molecule has 0 aliphatic rings. The maximum atomic E-state index is 12.0. The molecule has 0 heterocycles. The van der Waals surface area contributed by atoms with E-state index in [0.717, 1.165) is 24.9 Å². The van der Waals surface area contributed by atoms with E-state index >= 15 is 0 Å². The number of carbonyl (C=O) groups excluding carboxylic acids is 3. The standard InChI is InChI=1S/C20H31N3O3/c1-16(24)18(11-6-7-14-21-2)23-20(26)13-8-12-19(25)22-15-17-9-4-3-5-10-17/h3-5,9-10,18,21H,6-8,11-15H2,1-2H3,(H,22,25)(H,23,26). The molecule has 0 radical (unpaired) electrons. The second kappa shape index (κ2) is 13.1. The van der Waals surface area contributed by atoms with Crippen molar-refractivity contribution in [3.8, 4) is 0 Å². The summed E-state index contributed by atoms with van der Waals surface area (Å²) in [5.41, 5.74) is 1.04. The van der Waals surface area contributed by atoms with Gasteiger partial charge in [0.25, 0.3) is 0 Å². The number of carbonyl (C=O) groups is 3. The van der Waals surface area contributed by atoms with Gasteiger partial charge < -0.3 is 16.0 Å². The van der Waals surface area contributed by atoms with Crippen molar-refractivity contribution in [2.45, 2.75) is 58.0 Å². The van der Waals surface area contributed by atoms with Crippen LogP contribution in [0.2, 0.25) is 0 Å². The molecule has 1 rings (SSSR count). The van der Waals surface area contributed by atoms with Crippen molar-refractivity contribution in [1.29, 1.82) is 0 Å². The summed E-state index contributed by atoms with van der Waals surface area (Å²) >= 11 is 0. The lowest BCUT2D eigenvalue weighted by molar-refractivity contribution is -0.127. The lowest BCUT2D eigenvalue weighted by Gasteiger charge is -2.16. The highest BCUT2D eigenvalue weighted by Crippen LogP contribution is 2.04. The van der Waals surface area contributed by atoms with E-state index in [1.54, 1.807) is 0 Å². The lowest BCUT2D eigenvalue weighted by Crippen LogP contribution is -2.39. The predicted octanol–water partition coefficient (Wildman–Crippen LogP) is 1.94. The van der Waals surface area contributed by atoms with Crippen LogP contribution in [0.3, 0.4) is 0 Å². The van der Waals surface area contributed by atoms with Crippen molar-refractivity contribution in [3.63, 3.8) is 0 Å². The minimum atomic E-state index is -0.425. The molecular formula is C20H31N3O3. The number of hydrogen-bond acceptors (Lipinski definition) is 4. The Labute approximate surface area is 156 Å². The SMILES string of the molecule is CNCCCCC(NC(=O)CCCC(=O)NCc1ccccc1)C(C)=O. The van der Waals surface area contributed by atoms with Crippen LogP contribution in [0.5, 0.6) is 0 Å². The van der Waals surface area contributed by atoms with Gasteiger partial charge in [0.1, 0.15) is 0 Å². The van der Waals surface area contributed by atoms with Gasteiger partial charge in [-0.2, -0.15) is 0 Å². The quantitative estimate of drug-likeness (QED) is 0.469. The van der Waals surface area contributed by atoms with Crippen molar-refractivity contribution in [2.24, 2.45) is 0 Å². The van der Waals surface area contributed by atoms with E-state index in [4.69, 9.17) is 0 Å². The summed E-state index contributed by atoms with van der Waals surface area (Å²) < 4.78 is 0. The molecule has 1 unspecified atom stereocenters. The summed E-state index contributed by atoms with van der Waals surface area (Å²) in [6.45, 7) is 2.89. The number of amides is 2. The Bertz CT molecular complexity index is 561. The van der Waals surface area contributed by atoms with E-state index in [1.807, 2.05) is 37.4 Å². The molecule has 0 spiro atoms. The summed E-state index contributed by atoms with van der Waals surface area (Å²) in [5.74, 6) is -0.269. The Morgan fingerprint density at radius 3 is 2.31 bits per heavy atom. The number of benzene rings is 1. The van der Waals surface area contributed by atoms with Crippen molar-refractivity contribution < 1.29 is 14.4 Å². The van der Waals surface area contributed by atoms with Crippen LogP contribution in [0.25, 0.3) is 0 Å². The van der Waals surface area contributed by atoms with E-state index in [2.05, 4.69) is 16.0 Å². The first-order valence-electron chi connectivity index (χ1n) is 9.28. The van der Waals surface area contributed by atoms with Gasteiger partial charge in [0.2, 0.25) is 11.8 Å². The van der Waals surface area contributed by atoms with E-state index in [1.165, 1.54) is 6.92 Å². The molecule has 0 aromatic heterocycles. The molecule has 1 atom stereocenters. The van der Waals surface area contributed by atoms with E-state index in [-0.39, 0.29) is 24.0 Å². The third-order valence-corrected chi connectivity index (χ3v) is 4.14. The van der Waals surface area contributed by atoms with Gasteiger partial charge >= 0.3 is 0 Å². The van der Waals surface area contributed by atoms with E-state index in [9.17, 15) is 14.4 Å². The fourth-order valence-corrected chi connectivity index (χ4v) is 2.59. The highest BCUT2D eigenvalue weighted by atomic mass is 16.2. The molecule has 0 aliphatic carbocycles. The highest BCUT2D eigenvalue weighted by Gasteiger charge is 2.16. The third kappa shape index (κ3) is 9.93. The fraction of sp³-hybridized carbons (Fsp3) is 0.550. The zero-order valence-corrected chi connectivity index (χ0v) is 15.8.